The lowest BCUT2D eigenvalue weighted by molar-refractivity contribution is -0.118. The van der Waals surface area contributed by atoms with Gasteiger partial charge in [0.25, 0.3) is 0 Å². The van der Waals surface area contributed by atoms with E-state index in [-0.39, 0.29) is 17.1 Å². The molecule has 2 rings (SSSR count). The van der Waals surface area contributed by atoms with Gasteiger partial charge in [0.1, 0.15) is 11.6 Å². The highest BCUT2D eigenvalue weighted by molar-refractivity contribution is 7.09. The standard InChI is InChI=1S/C17H23FN4OS/c1-17(2,12-7-9-13(18)10-8-12)11-20-16-21-15(22-24-16)6-4-3-5-14(19)23/h7-10H,3-6,11H2,1-2H3,(H2,19,23)(H,20,21,22). The highest BCUT2D eigenvalue weighted by Gasteiger charge is 2.21. The van der Waals surface area contributed by atoms with Crippen LogP contribution in [0, 0.1) is 5.82 Å². The molecule has 7 heteroatoms. The van der Waals surface area contributed by atoms with Crippen LogP contribution in [-0.2, 0) is 16.6 Å². The third-order valence-electron chi connectivity index (χ3n) is 3.85. The van der Waals surface area contributed by atoms with Crippen LogP contribution in [0.2, 0.25) is 0 Å². The number of primary amides is 1. The van der Waals surface area contributed by atoms with E-state index in [0.29, 0.717) is 13.0 Å². The number of nitrogens with one attached hydrogen (secondary N) is 1. The highest BCUT2D eigenvalue weighted by atomic mass is 32.1. The second-order valence-corrected chi connectivity index (χ2v) is 7.19. The van der Waals surface area contributed by atoms with Crippen LogP contribution in [0.25, 0.3) is 0 Å². The number of nitrogens with two attached hydrogens (primary N) is 1. The zero-order chi connectivity index (χ0) is 17.6. The summed E-state index contributed by atoms with van der Waals surface area (Å²) >= 11 is 1.33. The zero-order valence-electron chi connectivity index (χ0n) is 14.0. The second-order valence-electron chi connectivity index (χ2n) is 6.43. The van der Waals surface area contributed by atoms with E-state index >= 15 is 0 Å². The average Bonchev–Trinajstić information content (AvgIpc) is 2.98. The molecule has 0 aliphatic carbocycles. The van der Waals surface area contributed by atoms with Crippen molar-refractivity contribution in [3.63, 3.8) is 0 Å². The number of aromatic nitrogens is 2. The van der Waals surface area contributed by atoms with Crippen LogP contribution >= 0.6 is 11.5 Å². The second kappa shape index (κ2) is 8.19. The van der Waals surface area contributed by atoms with Crippen LogP contribution in [-0.4, -0.2) is 21.8 Å². The molecule has 3 N–H and O–H groups in total. The summed E-state index contributed by atoms with van der Waals surface area (Å²) in [7, 11) is 0. The average molecular weight is 350 g/mol. The van der Waals surface area contributed by atoms with Gasteiger partial charge in [0.15, 0.2) is 0 Å². The van der Waals surface area contributed by atoms with Gasteiger partial charge in [0.05, 0.1) is 0 Å². The van der Waals surface area contributed by atoms with Crippen LogP contribution in [0.3, 0.4) is 0 Å². The highest BCUT2D eigenvalue weighted by Crippen LogP contribution is 2.24. The maximum absolute atomic E-state index is 13.0. The van der Waals surface area contributed by atoms with Gasteiger partial charge in [-0.1, -0.05) is 26.0 Å². The number of hydrogen-bond acceptors (Lipinski definition) is 5. The van der Waals surface area contributed by atoms with E-state index in [4.69, 9.17) is 5.73 Å². The number of unbranched alkanes of at least 4 members (excludes halogenated alkanes) is 1. The first kappa shape index (κ1) is 18.3. The van der Waals surface area contributed by atoms with E-state index < -0.39 is 0 Å². The summed E-state index contributed by atoms with van der Waals surface area (Å²) in [6.07, 6.45) is 2.75. The molecule has 24 heavy (non-hydrogen) atoms. The van der Waals surface area contributed by atoms with E-state index in [1.165, 1.54) is 23.7 Å². The molecule has 0 saturated heterocycles. The molecule has 0 saturated carbocycles. The molecule has 0 radical (unpaired) electrons. The van der Waals surface area contributed by atoms with Crippen LogP contribution < -0.4 is 11.1 Å². The van der Waals surface area contributed by atoms with E-state index in [2.05, 4.69) is 28.5 Å². The first-order valence-electron chi connectivity index (χ1n) is 7.97. The fourth-order valence-electron chi connectivity index (χ4n) is 2.31. The molecule has 130 valence electrons. The minimum atomic E-state index is -0.272. The Bertz CT molecular complexity index is 669. The van der Waals surface area contributed by atoms with Gasteiger partial charge < -0.3 is 11.1 Å². The van der Waals surface area contributed by atoms with Crippen molar-refractivity contribution in [1.82, 2.24) is 9.36 Å². The first-order chi connectivity index (χ1) is 11.4. The molecule has 0 atom stereocenters. The minimum absolute atomic E-state index is 0.152. The number of hydrogen-bond donors (Lipinski definition) is 2. The molecular formula is C17H23FN4OS. The number of halogens is 1. The van der Waals surface area contributed by atoms with Gasteiger partial charge in [-0.2, -0.15) is 4.37 Å². The summed E-state index contributed by atoms with van der Waals surface area (Å²) in [5.74, 6) is 0.283. The van der Waals surface area contributed by atoms with Crippen LogP contribution in [0.4, 0.5) is 9.52 Å². The van der Waals surface area contributed by atoms with E-state index in [1.807, 2.05) is 0 Å². The molecule has 1 heterocycles. The minimum Gasteiger partial charge on any atom is -0.370 e. The Balaban J connectivity index is 1.83. The summed E-state index contributed by atoms with van der Waals surface area (Å²) in [6.45, 7) is 4.87. The van der Waals surface area contributed by atoms with Gasteiger partial charge >= 0.3 is 0 Å². The predicted molar refractivity (Wildman–Crippen MR) is 94.6 cm³/mol. The van der Waals surface area contributed by atoms with Crippen LogP contribution in [0.15, 0.2) is 24.3 Å². The molecule has 0 unspecified atom stereocenters. The maximum Gasteiger partial charge on any atom is 0.217 e. The number of rotatable bonds is 9. The summed E-state index contributed by atoms with van der Waals surface area (Å²) < 4.78 is 17.4. The van der Waals surface area contributed by atoms with Gasteiger partial charge in [-0.3, -0.25) is 4.79 Å². The van der Waals surface area contributed by atoms with Crippen LogP contribution in [0.1, 0.15) is 44.5 Å². The smallest absolute Gasteiger partial charge is 0.217 e. The molecule has 0 aliphatic heterocycles. The van der Waals surface area contributed by atoms with Crippen molar-refractivity contribution < 1.29 is 9.18 Å². The fraction of sp³-hybridized carbons (Fsp3) is 0.471. The van der Waals surface area contributed by atoms with Crippen molar-refractivity contribution in [1.29, 1.82) is 0 Å². The van der Waals surface area contributed by atoms with Gasteiger partial charge in [0.2, 0.25) is 11.0 Å². The number of carbonyl (C=O) groups is 1. The lowest BCUT2D eigenvalue weighted by atomic mass is 9.85. The normalized spacial score (nSPS) is 11.5. The quantitative estimate of drug-likeness (QED) is 0.680. The third kappa shape index (κ3) is 5.56. The topological polar surface area (TPSA) is 80.9 Å². The number of anilines is 1. The monoisotopic (exact) mass is 350 g/mol. The molecule has 1 aromatic carbocycles. The maximum atomic E-state index is 13.0. The van der Waals surface area contributed by atoms with E-state index in [9.17, 15) is 9.18 Å². The van der Waals surface area contributed by atoms with Crippen molar-refractivity contribution >= 4 is 22.6 Å². The number of amides is 1. The Labute approximate surface area is 145 Å². The molecule has 0 aliphatic rings. The molecular weight excluding hydrogens is 327 g/mol. The number of aryl methyl sites for hydroxylation is 1. The van der Waals surface area contributed by atoms with Crippen molar-refractivity contribution in [2.45, 2.75) is 44.9 Å². The van der Waals surface area contributed by atoms with Crippen LogP contribution in [0.5, 0.6) is 0 Å². The summed E-state index contributed by atoms with van der Waals surface area (Å²) in [5.41, 5.74) is 6.02. The SMILES string of the molecule is CC(C)(CNc1nc(CCCCC(N)=O)ns1)c1ccc(F)cc1. The molecule has 1 aromatic heterocycles. The van der Waals surface area contributed by atoms with Gasteiger partial charge in [-0.25, -0.2) is 9.37 Å². The number of nitrogens with zero attached hydrogens (tertiary/aromatic N) is 2. The Morgan fingerprint density at radius 2 is 2.00 bits per heavy atom. The molecule has 5 nitrogen and oxygen atoms in total. The van der Waals surface area contributed by atoms with Crippen molar-refractivity contribution in [3.8, 4) is 0 Å². The number of benzene rings is 1. The largest absolute Gasteiger partial charge is 0.370 e. The predicted octanol–water partition coefficient (Wildman–Crippen LogP) is 3.27. The molecule has 0 fully saturated rings. The summed E-state index contributed by atoms with van der Waals surface area (Å²) in [6, 6.07) is 6.57. The molecule has 1 amide bonds. The molecule has 2 aromatic rings. The Morgan fingerprint density at radius 1 is 1.29 bits per heavy atom. The van der Waals surface area contributed by atoms with E-state index in [1.54, 1.807) is 12.1 Å². The first-order valence-corrected chi connectivity index (χ1v) is 8.75. The third-order valence-corrected chi connectivity index (χ3v) is 4.56. The van der Waals surface area contributed by atoms with Crippen molar-refractivity contribution in [3.05, 3.63) is 41.5 Å². The molecule has 0 bridgehead atoms. The number of carbonyl (C=O) groups excluding carboxylic acids is 1. The Hall–Kier alpha value is -2.02. The van der Waals surface area contributed by atoms with E-state index in [0.717, 1.165) is 35.8 Å². The lowest BCUT2D eigenvalue weighted by Crippen LogP contribution is -2.27. The van der Waals surface area contributed by atoms with Gasteiger partial charge in [-0.15, -0.1) is 0 Å². The van der Waals surface area contributed by atoms with Crippen molar-refractivity contribution in [2.75, 3.05) is 11.9 Å². The van der Waals surface area contributed by atoms with Gasteiger partial charge in [0, 0.05) is 36.3 Å². The Morgan fingerprint density at radius 3 is 2.67 bits per heavy atom. The fourth-order valence-corrected chi connectivity index (χ4v) is 2.92. The summed E-state index contributed by atoms with van der Waals surface area (Å²) in [5, 5.41) is 4.08. The molecule has 0 spiro atoms. The lowest BCUT2D eigenvalue weighted by Gasteiger charge is -2.25. The summed E-state index contributed by atoms with van der Waals surface area (Å²) in [4.78, 5) is 15.1. The van der Waals surface area contributed by atoms with Gasteiger partial charge in [-0.05, 0) is 30.5 Å². The zero-order valence-corrected chi connectivity index (χ0v) is 14.8. The Kier molecular flexibility index (Phi) is 6.25. The van der Waals surface area contributed by atoms with Crippen molar-refractivity contribution in [2.24, 2.45) is 5.73 Å².